The summed E-state index contributed by atoms with van der Waals surface area (Å²) in [7, 11) is 0. The maximum absolute atomic E-state index is 12.9. The van der Waals surface area contributed by atoms with E-state index in [0.29, 0.717) is 23.7 Å². The number of nitro benzene ring substituents is 1. The summed E-state index contributed by atoms with van der Waals surface area (Å²) in [5, 5.41) is 16.1. The monoisotopic (exact) mass is 441 g/mol. The molecule has 1 fully saturated rings. The molecule has 1 saturated heterocycles. The first-order chi connectivity index (χ1) is 14.9. The first-order valence-corrected chi connectivity index (χ1v) is 10.6. The second kappa shape index (κ2) is 8.69. The Bertz CT molecular complexity index is 1120. The largest absolute Gasteiger partial charge is 0.373 e. The summed E-state index contributed by atoms with van der Waals surface area (Å²) in [5.41, 5.74) is 1.77. The van der Waals surface area contributed by atoms with Crippen LogP contribution in [-0.2, 0) is 9.53 Å². The minimum absolute atomic E-state index is 0.0113. The average molecular weight is 442 g/mol. The maximum Gasteiger partial charge on any atom is 0.273 e. The van der Waals surface area contributed by atoms with Crippen molar-refractivity contribution >= 4 is 34.1 Å². The summed E-state index contributed by atoms with van der Waals surface area (Å²) in [5.74, 6) is -0.692. The summed E-state index contributed by atoms with van der Waals surface area (Å²) in [6.07, 6.45) is 3.74. The molecule has 2 N–H and O–H groups in total. The Hall–Kier alpha value is -2.90. The number of amides is 1. The lowest BCUT2D eigenvalue weighted by atomic mass is 9.87. The molecule has 1 aliphatic heterocycles. The van der Waals surface area contributed by atoms with Gasteiger partial charge in [-0.3, -0.25) is 14.9 Å². The van der Waals surface area contributed by atoms with E-state index >= 15 is 0 Å². The smallest absolute Gasteiger partial charge is 0.273 e. The fourth-order valence-corrected chi connectivity index (χ4v) is 4.43. The molecular weight excluding hydrogens is 418 g/mol. The van der Waals surface area contributed by atoms with Crippen LogP contribution in [0.3, 0.4) is 0 Å². The molecular formula is C23H24ClN3O4. The molecule has 8 heteroatoms. The number of carbonyl (C=O) groups excluding carboxylic acids is 1. The van der Waals surface area contributed by atoms with Crippen LogP contribution in [0.1, 0.15) is 43.2 Å². The van der Waals surface area contributed by atoms with Crippen LogP contribution < -0.4 is 5.32 Å². The molecule has 0 radical (unpaired) electrons. The number of rotatable bonds is 7. The second-order valence-corrected chi connectivity index (χ2v) is 8.62. The van der Waals surface area contributed by atoms with E-state index in [1.807, 2.05) is 19.1 Å². The predicted octanol–water partition coefficient (Wildman–Crippen LogP) is 4.94. The second-order valence-electron chi connectivity index (χ2n) is 8.19. The first-order valence-electron chi connectivity index (χ1n) is 10.3. The van der Waals surface area contributed by atoms with Gasteiger partial charge < -0.3 is 15.0 Å². The van der Waals surface area contributed by atoms with Crippen molar-refractivity contribution in [2.24, 2.45) is 0 Å². The van der Waals surface area contributed by atoms with Gasteiger partial charge in [0.1, 0.15) is 0 Å². The van der Waals surface area contributed by atoms with Gasteiger partial charge in [-0.15, -0.1) is 0 Å². The average Bonchev–Trinajstić information content (AvgIpc) is 3.37. The molecule has 162 valence electrons. The zero-order valence-corrected chi connectivity index (χ0v) is 17.9. The van der Waals surface area contributed by atoms with E-state index in [4.69, 9.17) is 16.3 Å². The molecule has 0 aliphatic carbocycles. The zero-order chi connectivity index (χ0) is 22.0. The Labute approximate surface area is 184 Å². The van der Waals surface area contributed by atoms with Crippen LogP contribution in [0.4, 0.5) is 5.69 Å². The summed E-state index contributed by atoms with van der Waals surface area (Å²) in [6, 6.07) is 12.0. The molecule has 1 aromatic heterocycles. The van der Waals surface area contributed by atoms with Crippen LogP contribution in [0.2, 0.25) is 5.02 Å². The number of aromatic amines is 1. The van der Waals surface area contributed by atoms with Crippen LogP contribution in [0, 0.1) is 10.1 Å². The Balaban J connectivity index is 1.68. The number of H-pyrrole nitrogens is 1. The molecule has 7 nitrogen and oxygen atoms in total. The number of halogens is 1. The fourth-order valence-electron chi connectivity index (χ4n) is 4.26. The molecule has 1 aliphatic rings. The fraction of sp³-hybridized carbons (Fsp3) is 0.348. The zero-order valence-electron chi connectivity index (χ0n) is 17.2. The number of hydrogen-bond acceptors (Lipinski definition) is 4. The summed E-state index contributed by atoms with van der Waals surface area (Å²) in [6.45, 7) is 3.10. The normalized spacial score (nSPS) is 19.4. The van der Waals surface area contributed by atoms with Crippen molar-refractivity contribution in [3.05, 3.63) is 74.9 Å². The number of carbonyl (C=O) groups is 1. The van der Waals surface area contributed by atoms with Crippen molar-refractivity contribution in [2.75, 3.05) is 13.2 Å². The van der Waals surface area contributed by atoms with E-state index in [-0.39, 0.29) is 23.6 Å². The van der Waals surface area contributed by atoms with Gasteiger partial charge in [0, 0.05) is 59.2 Å². The molecule has 0 spiro atoms. The van der Waals surface area contributed by atoms with Gasteiger partial charge in [-0.25, -0.2) is 0 Å². The van der Waals surface area contributed by atoms with Gasteiger partial charge in [-0.05, 0) is 43.5 Å². The van der Waals surface area contributed by atoms with E-state index in [1.165, 1.54) is 6.07 Å². The number of para-hydroxylation sites is 1. The van der Waals surface area contributed by atoms with Crippen LogP contribution in [-0.4, -0.2) is 34.6 Å². The van der Waals surface area contributed by atoms with Crippen molar-refractivity contribution in [1.82, 2.24) is 10.3 Å². The van der Waals surface area contributed by atoms with Gasteiger partial charge in [-0.2, -0.15) is 0 Å². The molecule has 1 amide bonds. The third kappa shape index (κ3) is 4.57. The standard InChI is InChI=1S/C23H24ClN3O4/c1-23(9-4-10-31-23)14-26-22(28)12-17(16-5-2-3-6-21(16)27(29)30)19-13-25-20-8-7-15(24)11-18(19)20/h2-3,5-8,11,13,17,25H,4,9-10,12,14H2,1H3,(H,26,28)/t17-,23+/m0/s1. The van der Waals surface area contributed by atoms with E-state index < -0.39 is 10.8 Å². The van der Waals surface area contributed by atoms with Gasteiger partial charge in [0.05, 0.1) is 10.5 Å². The van der Waals surface area contributed by atoms with Crippen LogP contribution in [0.25, 0.3) is 10.9 Å². The Morgan fingerprint density at radius 3 is 2.87 bits per heavy atom. The lowest BCUT2D eigenvalue weighted by Crippen LogP contribution is -2.40. The number of hydrogen-bond donors (Lipinski definition) is 2. The van der Waals surface area contributed by atoms with Crippen LogP contribution in [0.5, 0.6) is 0 Å². The Morgan fingerprint density at radius 2 is 2.13 bits per heavy atom. The third-order valence-electron chi connectivity index (χ3n) is 5.91. The van der Waals surface area contributed by atoms with E-state index in [9.17, 15) is 14.9 Å². The van der Waals surface area contributed by atoms with Crippen molar-refractivity contribution < 1.29 is 14.5 Å². The van der Waals surface area contributed by atoms with Gasteiger partial charge in [0.15, 0.2) is 0 Å². The lowest BCUT2D eigenvalue weighted by molar-refractivity contribution is -0.385. The number of benzene rings is 2. The highest BCUT2D eigenvalue weighted by Crippen LogP contribution is 2.38. The number of aromatic nitrogens is 1. The van der Waals surface area contributed by atoms with E-state index in [1.54, 1.807) is 30.5 Å². The van der Waals surface area contributed by atoms with Gasteiger partial charge in [0.2, 0.25) is 5.91 Å². The number of nitrogens with one attached hydrogen (secondary N) is 2. The highest BCUT2D eigenvalue weighted by molar-refractivity contribution is 6.31. The van der Waals surface area contributed by atoms with Gasteiger partial charge in [-0.1, -0.05) is 29.8 Å². The summed E-state index contributed by atoms with van der Waals surface area (Å²) >= 11 is 6.21. The Morgan fingerprint density at radius 1 is 1.32 bits per heavy atom. The minimum atomic E-state index is -0.508. The number of nitro groups is 1. The van der Waals surface area contributed by atoms with Gasteiger partial charge in [0.25, 0.3) is 5.69 Å². The van der Waals surface area contributed by atoms with Crippen LogP contribution >= 0.6 is 11.6 Å². The first kappa shape index (κ1) is 21.3. The minimum Gasteiger partial charge on any atom is -0.373 e. The van der Waals surface area contributed by atoms with Crippen molar-refractivity contribution in [2.45, 2.75) is 37.7 Å². The lowest BCUT2D eigenvalue weighted by Gasteiger charge is -2.24. The molecule has 4 rings (SSSR count). The SMILES string of the molecule is C[C@]1(CNC(=O)C[C@@H](c2ccccc2[N+](=O)[O-])c2c[nH]c3ccc(Cl)cc23)CCCO1. The molecule has 2 atom stereocenters. The number of fused-ring (bicyclic) bond motifs is 1. The maximum atomic E-state index is 12.9. The number of nitrogens with zero attached hydrogens (tertiary/aromatic N) is 1. The van der Waals surface area contributed by atoms with Crippen molar-refractivity contribution in [1.29, 1.82) is 0 Å². The highest BCUT2D eigenvalue weighted by atomic mass is 35.5. The van der Waals surface area contributed by atoms with Crippen molar-refractivity contribution in [3.8, 4) is 0 Å². The number of ether oxygens (including phenoxy) is 1. The molecule has 0 bridgehead atoms. The molecule has 0 saturated carbocycles. The summed E-state index contributed by atoms with van der Waals surface area (Å²) in [4.78, 5) is 27.4. The highest BCUT2D eigenvalue weighted by Gasteiger charge is 2.32. The third-order valence-corrected chi connectivity index (χ3v) is 6.14. The molecule has 31 heavy (non-hydrogen) atoms. The molecule has 2 aromatic carbocycles. The van der Waals surface area contributed by atoms with E-state index in [0.717, 1.165) is 29.3 Å². The Kier molecular flexibility index (Phi) is 5.98. The quantitative estimate of drug-likeness (QED) is 0.401. The predicted molar refractivity (Wildman–Crippen MR) is 119 cm³/mol. The topological polar surface area (TPSA) is 97.3 Å². The van der Waals surface area contributed by atoms with Crippen LogP contribution in [0.15, 0.2) is 48.7 Å². The summed E-state index contributed by atoms with van der Waals surface area (Å²) < 4.78 is 5.75. The van der Waals surface area contributed by atoms with E-state index in [2.05, 4.69) is 10.3 Å². The van der Waals surface area contributed by atoms with Gasteiger partial charge >= 0.3 is 0 Å². The van der Waals surface area contributed by atoms with Crippen molar-refractivity contribution in [3.63, 3.8) is 0 Å². The molecule has 3 aromatic rings. The molecule has 2 heterocycles. The molecule has 0 unspecified atom stereocenters.